The van der Waals surface area contributed by atoms with E-state index in [1.54, 1.807) is 20.8 Å². The third kappa shape index (κ3) is 3.16. The third-order valence-corrected chi connectivity index (χ3v) is 1.71. The Morgan fingerprint density at radius 3 is 2.27 bits per heavy atom. The van der Waals surface area contributed by atoms with Gasteiger partial charge in [0.05, 0.1) is 5.92 Å². The molecule has 0 rings (SSSR count). The average molecular weight is 158 g/mol. The third-order valence-electron chi connectivity index (χ3n) is 1.71. The first-order chi connectivity index (χ1) is 4.90. The Morgan fingerprint density at radius 2 is 2.00 bits per heavy atom. The highest BCUT2D eigenvalue weighted by molar-refractivity contribution is 5.67. The van der Waals surface area contributed by atoms with Gasteiger partial charge in [0.25, 0.3) is 0 Å². The first kappa shape index (κ1) is 10.1. The lowest BCUT2D eigenvalue weighted by atomic mass is 9.94. The zero-order valence-corrected chi connectivity index (χ0v) is 7.38. The van der Waals surface area contributed by atoms with E-state index in [0.29, 0.717) is 0 Å². The molecule has 64 valence electrons. The van der Waals surface area contributed by atoms with Crippen molar-refractivity contribution in [1.29, 1.82) is 0 Å². The van der Waals surface area contributed by atoms with Crippen molar-refractivity contribution in [2.75, 3.05) is 0 Å². The fraction of sp³-hybridized carbons (Fsp3) is 0.750. The number of aldehydes is 1. The van der Waals surface area contributed by atoms with Crippen LogP contribution in [0.25, 0.3) is 0 Å². The number of carbonyl (C=O) groups is 2. The van der Waals surface area contributed by atoms with Gasteiger partial charge in [-0.1, -0.05) is 6.92 Å². The van der Waals surface area contributed by atoms with Gasteiger partial charge in [-0.2, -0.15) is 0 Å². The predicted octanol–water partition coefficient (Wildman–Crippen LogP) is 1.16. The molecule has 0 amide bonds. The summed E-state index contributed by atoms with van der Waals surface area (Å²) in [7, 11) is 0. The molecular weight excluding hydrogens is 144 g/mol. The summed E-state index contributed by atoms with van der Waals surface area (Å²) >= 11 is 0. The summed E-state index contributed by atoms with van der Waals surface area (Å²) in [4.78, 5) is 20.9. The molecule has 0 saturated carbocycles. The first-order valence-corrected chi connectivity index (χ1v) is 3.55. The molecule has 0 aromatic carbocycles. The molecule has 11 heavy (non-hydrogen) atoms. The highest BCUT2D eigenvalue weighted by atomic mass is 16.6. The maximum Gasteiger partial charge on any atom is 0.303 e. The van der Waals surface area contributed by atoms with Crippen molar-refractivity contribution < 1.29 is 14.3 Å². The van der Waals surface area contributed by atoms with Gasteiger partial charge in [-0.25, -0.2) is 0 Å². The van der Waals surface area contributed by atoms with Gasteiger partial charge in [-0.05, 0) is 13.8 Å². The molecule has 0 aliphatic rings. The van der Waals surface area contributed by atoms with E-state index in [0.717, 1.165) is 6.29 Å². The minimum atomic E-state index is -0.687. The van der Waals surface area contributed by atoms with Crippen molar-refractivity contribution in [1.82, 2.24) is 0 Å². The van der Waals surface area contributed by atoms with Crippen molar-refractivity contribution >= 4 is 12.3 Å². The van der Waals surface area contributed by atoms with E-state index in [9.17, 15) is 9.59 Å². The van der Waals surface area contributed by atoms with Crippen LogP contribution in [0.3, 0.4) is 0 Å². The van der Waals surface area contributed by atoms with Crippen LogP contribution in [0.4, 0.5) is 0 Å². The van der Waals surface area contributed by atoms with Crippen molar-refractivity contribution in [3.05, 3.63) is 0 Å². The van der Waals surface area contributed by atoms with Crippen LogP contribution < -0.4 is 0 Å². The lowest BCUT2D eigenvalue weighted by molar-refractivity contribution is -0.158. The van der Waals surface area contributed by atoms with E-state index in [1.165, 1.54) is 6.92 Å². The number of carbonyl (C=O) groups excluding carboxylic acids is 2. The number of hydrogen-bond donors (Lipinski definition) is 0. The molecule has 0 saturated heterocycles. The molecule has 0 N–H and O–H groups in total. The Hall–Kier alpha value is -0.860. The normalized spacial score (nSPS) is 13.8. The van der Waals surface area contributed by atoms with Crippen LogP contribution >= 0.6 is 0 Å². The second-order valence-corrected chi connectivity index (χ2v) is 3.12. The quantitative estimate of drug-likeness (QED) is 0.457. The van der Waals surface area contributed by atoms with Crippen LogP contribution in [-0.4, -0.2) is 17.9 Å². The van der Waals surface area contributed by atoms with Gasteiger partial charge in [-0.3, -0.25) is 4.79 Å². The minimum absolute atomic E-state index is 0.272. The fourth-order valence-corrected chi connectivity index (χ4v) is 0.627. The number of esters is 1. The van der Waals surface area contributed by atoms with Gasteiger partial charge < -0.3 is 9.53 Å². The second kappa shape index (κ2) is 3.51. The van der Waals surface area contributed by atoms with E-state index < -0.39 is 5.60 Å². The van der Waals surface area contributed by atoms with Gasteiger partial charge in [0.15, 0.2) is 0 Å². The summed E-state index contributed by atoms with van der Waals surface area (Å²) in [6, 6.07) is 0. The van der Waals surface area contributed by atoms with Crippen LogP contribution in [0, 0.1) is 5.92 Å². The van der Waals surface area contributed by atoms with Gasteiger partial charge in [-0.15, -0.1) is 0 Å². The van der Waals surface area contributed by atoms with Crippen LogP contribution in [0.15, 0.2) is 0 Å². The van der Waals surface area contributed by atoms with Crippen molar-refractivity contribution in [3.8, 4) is 0 Å². The van der Waals surface area contributed by atoms with E-state index in [1.807, 2.05) is 0 Å². The van der Waals surface area contributed by atoms with E-state index in [4.69, 9.17) is 4.74 Å². The SMILES string of the molecule is CC(=O)OC(C)(C)C(C)C=O. The highest BCUT2D eigenvalue weighted by Gasteiger charge is 2.28. The van der Waals surface area contributed by atoms with E-state index in [2.05, 4.69) is 0 Å². The fourth-order valence-electron chi connectivity index (χ4n) is 0.627. The van der Waals surface area contributed by atoms with Crippen molar-refractivity contribution in [2.24, 2.45) is 5.92 Å². The molecule has 0 heterocycles. The summed E-state index contributed by atoms with van der Waals surface area (Å²) in [5.41, 5.74) is -0.687. The van der Waals surface area contributed by atoms with E-state index in [-0.39, 0.29) is 11.9 Å². The Bertz CT molecular complexity index is 161. The summed E-state index contributed by atoms with van der Waals surface area (Å²) in [6.45, 7) is 6.48. The van der Waals surface area contributed by atoms with Crippen LogP contribution in [0.5, 0.6) is 0 Å². The zero-order valence-electron chi connectivity index (χ0n) is 7.38. The molecule has 0 aliphatic carbocycles. The lowest BCUT2D eigenvalue weighted by Gasteiger charge is -2.27. The molecule has 0 aromatic rings. The molecule has 0 bridgehead atoms. The standard InChI is InChI=1S/C8H14O3/c1-6(5-9)8(3,4)11-7(2)10/h5-6H,1-4H3. The molecule has 1 unspecified atom stereocenters. The Labute approximate surface area is 66.7 Å². The Kier molecular flexibility index (Phi) is 3.23. The number of hydrogen-bond acceptors (Lipinski definition) is 3. The Morgan fingerprint density at radius 1 is 1.55 bits per heavy atom. The summed E-state index contributed by atoms with van der Waals surface area (Å²) in [6.07, 6.45) is 0.781. The maximum absolute atomic E-state index is 10.5. The van der Waals surface area contributed by atoms with E-state index >= 15 is 0 Å². The molecule has 0 radical (unpaired) electrons. The highest BCUT2D eigenvalue weighted by Crippen LogP contribution is 2.18. The maximum atomic E-state index is 10.5. The first-order valence-electron chi connectivity index (χ1n) is 3.55. The molecule has 1 atom stereocenters. The molecular formula is C8H14O3. The summed E-state index contributed by atoms with van der Waals surface area (Å²) in [5, 5.41) is 0. The monoisotopic (exact) mass is 158 g/mol. The smallest absolute Gasteiger partial charge is 0.303 e. The van der Waals surface area contributed by atoms with Gasteiger partial charge in [0.2, 0.25) is 0 Å². The van der Waals surface area contributed by atoms with Crippen molar-refractivity contribution in [2.45, 2.75) is 33.3 Å². The molecule has 0 aromatic heterocycles. The van der Waals surface area contributed by atoms with Gasteiger partial charge >= 0.3 is 5.97 Å². The average Bonchev–Trinajstić information content (AvgIpc) is 1.83. The molecule has 0 spiro atoms. The zero-order chi connectivity index (χ0) is 9.07. The minimum Gasteiger partial charge on any atom is -0.459 e. The summed E-state index contributed by atoms with van der Waals surface area (Å²) in [5.74, 6) is -0.630. The largest absolute Gasteiger partial charge is 0.459 e. The van der Waals surface area contributed by atoms with Crippen LogP contribution in [0.1, 0.15) is 27.7 Å². The van der Waals surface area contributed by atoms with Crippen LogP contribution in [-0.2, 0) is 14.3 Å². The van der Waals surface area contributed by atoms with Gasteiger partial charge in [0.1, 0.15) is 11.9 Å². The summed E-state index contributed by atoms with van der Waals surface area (Å²) < 4.78 is 4.92. The molecule has 3 nitrogen and oxygen atoms in total. The Balaban J connectivity index is 4.19. The predicted molar refractivity (Wildman–Crippen MR) is 41.1 cm³/mol. The topological polar surface area (TPSA) is 43.4 Å². The number of ether oxygens (including phenoxy) is 1. The molecule has 0 aliphatic heterocycles. The number of rotatable bonds is 3. The molecule has 3 heteroatoms. The second-order valence-electron chi connectivity index (χ2n) is 3.12. The van der Waals surface area contributed by atoms with Gasteiger partial charge in [0, 0.05) is 6.92 Å². The van der Waals surface area contributed by atoms with Crippen molar-refractivity contribution in [3.63, 3.8) is 0 Å². The lowest BCUT2D eigenvalue weighted by Crippen LogP contribution is -2.35. The molecule has 0 fully saturated rings. The van der Waals surface area contributed by atoms with Crippen LogP contribution in [0.2, 0.25) is 0 Å².